The third kappa shape index (κ3) is 4.02. The predicted octanol–water partition coefficient (Wildman–Crippen LogP) is 3.73. The normalized spacial score (nSPS) is 16.1. The predicted molar refractivity (Wildman–Crippen MR) is 88.2 cm³/mol. The van der Waals surface area contributed by atoms with Gasteiger partial charge in [-0.15, -0.1) is 22.7 Å². The van der Waals surface area contributed by atoms with Crippen LogP contribution in [0.15, 0.2) is 17.1 Å². The van der Waals surface area contributed by atoms with Crippen molar-refractivity contribution in [2.75, 3.05) is 18.6 Å². The van der Waals surface area contributed by atoms with E-state index in [0.717, 1.165) is 29.8 Å². The molecule has 1 fully saturated rings. The first-order valence-corrected chi connectivity index (χ1v) is 9.08. The lowest BCUT2D eigenvalue weighted by molar-refractivity contribution is 0.0951. The van der Waals surface area contributed by atoms with Crippen LogP contribution < -0.4 is 4.90 Å². The molecule has 1 aliphatic carbocycles. The Kier molecular flexibility index (Phi) is 4.87. The van der Waals surface area contributed by atoms with Gasteiger partial charge in [-0.25, -0.2) is 9.97 Å². The van der Waals surface area contributed by atoms with Crippen molar-refractivity contribution in [3.63, 3.8) is 0 Å². The number of aromatic nitrogens is 2. The Bertz CT molecular complexity index is 551. The number of hydrogen-bond donors (Lipinski definition) is 0. The van der Waals surface area contributed by atoms with Gasteiger partial charge in [0.2, 0.25) is 0 Å². The van der Waals surface area contributed by atoms with Crippen molar-refractivity contribution in [2.24, 2.45) is 5.92 Å². The molecule has 2 aromatic rings. The van der Waals surface area contributed by atoms with Crippen LogP contribution in [0.25, 0.3) is 0 Å². The van der Waals surface area contributed by atoms with E-state index in [1.807, 2.05) is 24.2 Å². The second-order valence-electron chi connectivity index (χ2n) is 5.59. The highest BCUT2D eigenvalue weighted by atomic mass is 32.1. The van der Waals surface area contributed by atoms with Crippen LogP contribution in [-0.4, -0.2) is 29.7 Å². The van der Waals surface area contributed by atoms with Gasteiger partial charge in [-0.05, 0) is 19.3 Å². The van der Waals surface area contributed by atoms with Gasteiger partial charge >= 0.3 is 0 Å². The van der Waals surface area contributed by atoms with Crippen molar-refractivity contribution in [3.05, 3.63) is 27.7 Å². The molecule has 1 saturated carbocycles. The number of methoxy groups -OCH3 is 1. The second kappa shape index (κ2) is 6.85. The number of rotatable bonds is 8. The Morgan fingerprint density at radius 1 is 1.38 bits per heavy atom. The minimum absolute atomic E-state index is 0.287. The largest absolute Gasteiger partial charge is 0.380 e. The highest BCUT2D eigenvalue weighted by Gasteiger charge is 2.27. The first-order chi connectivity index (χ1) is 10.3. The Morgan fingerprint density at radius 2 is 2.24 bits per heavy atom. The van der Waals surface area contributed by atoms with E-state index in [1.54, 1.807) is 22.7 Å². The van der Waals surface area contributed by atoms with Crippen molar-refractivity contribution in [3.8, 4) is 0 Å². The molecule has 0 spiro atoms. The van der Waals surface area contributed by atoms with Crippen molar-refractivity contribution in [1.82, 2.24) is 9.97 Å². The summed E-state index contributed by atoms with van der Waals surface area (Å²) < 4.78 is 5.70. The lowest BCUT2D eigenvalue weighted by Crippen LogP contribution is -2.33. The van der Waals surface area contributed by atoms with Crippen LogP contribution in [-0.2, 0) is 11.3 Å². The summed E-state index contributed by atoms with van der Waals surface area (Å²) in [5, 5.41) is 3.10. The van der Waals surface area contributed by atoms with Gasteiger partial charge in [0.15, 0.2) is 5.13 Å². The molecule has 0 N–H and O–H groups in total. The fourth-order valence-corrected chi connectivity index (χ4v) is 3.90. The van der Waals surface area contributed by atoms with Crippen LogP contribution in [0.2, 0.25) is 0 Å². The number of hydrogen-bond acceptors (Lipinski definition) is 6. The zero-order valence-corrected chi connectivity index (χ0v) is 14.1. The minimum atomic E-state index is 0.287. The maximum atomic E-state index is 5.70. The maximum Gasteiger partial charge on any atom is 0.185 e. The Balaban J connectivity index is 1.70. The number of nitrogens with zero attached hydrogens (tertiary/aromatic N) is 3. The summed E-state index contributed by atoms with van der Waals surface area (Å²) in [6.07, 6.45) is 6.06. The number of aryl methyl sites for hydroxylation is 1. The highest BCUT2D eigenvalue weighted by molar-refractivity contribution is 7.13. The molecule has 0 amide bonds. The number of thiazole rings is 2. The molecule has 1 aliphatic rings. The van der Waals surface area contributed by atoms with E-state index < -0.39 is 0 Å². The summed E-state index contributed by atoms with van der Waals surface area (Å²) in [5.74, 6) is 0.873. The summed E-state index contributed by atoms with van der Waals surface area (Å²) in [5.41, 5.74) is 3.04. The van der Waals surface area contributed by atoms with Crippen LogP contribution in [0.4, 0.5) is 5.13 Å². The van der Waals surface area contributed by atoms with Crippen LogP contribution in [0.1, 0.15) is 29.8 Å². The topological polar surface area (TPSA) is 38.2 Å². The van der Waals surface area contributed by atoms with Gasteiger partial charge in [0.1, 0.15) is 0 Å². The van der Waals surface area contributed by atoms with E-state index >= 15 is 0 Å². The summed E-state index contributed by atoms with van der Waals surface area (Å²) >= 11 is 3.41. The van der Waals surface area contributed by atoms with Crippen LogP contribution in [0.3, 0.4) is 0 Å². The van der Waals surface area contributed by atoms with Gasteiger partial charge in [0, 0.05) is 30.1 Å². The van der Waals surface area contributed by atoms with E-state index in [0.29, 0.717) is 0 Å². The van der Waals surface area contributed by atoms with Crippen molar-refractivity contribution >= 4 is 27.8 Å². The zero-order valence-electron chi connectivity index (χ0n) is 12.5. The average Bonchev–Trinajstić information content (AvgIpc) is 2.97. The molecule has 0 radical (unpaired) electrons. The first kappa shape index (κ1) is 14.9. The third-order valence-electron chi connectivity index (χ3n) is 3.92. The van der Waals surface area contributed by atoms with Gasteiger partial charge in [0.25, 0.3) is 0 Å². The van der Waals surface area contributed by atoms with E-state index in [1.165, 1.54) is 24.1 Å². The monoisotopic (exact) mass is 323 g/mol. The SMILES string of the molecule is COC(CC1CC1)CN(Cc1scnc1C)c1nccs1. The molecule has 1 atom stereocenters. The third-order valence-corrected chi connectivity index (χ3v) is 5.67. The quantitative estimate of drug-likeness (QED) is 0.742. The van der Waals surface area contributed by atoms with Gasteiger partial charge in [-0.3, -0.25) is 0 Å². The Hall–Kier alpha value is -0.980. The summed E-state index contributed by atoms with van der Waals surface area (Å²) in [4.78, 5) is 12.5. The maximum absolute atomic E-state index is 5.70. The van der Waals surface area contributed by atoms with Crippen LogP contribution in [0, 0.1) is 12.8 Å². The molecule has 114 valence electrons. The van der Waals surface area contributed by atoms with E-state index in [2.05, 4.69) is 21.8 Å². The fraction of sp³-hybridized carbons (Fsp3) is 0.600. The molecule has 0 aromatic carbocycles. The second-order valence-corrected chi connectivity index (χ2v) is 7.41. The number of anilines is 1. The average molecular weight is 323 g/mol. The van der Waals surface area contributed by atoms with Gasteiger partial charge in [0.05, 0.1) is 23.9 Å². The molecular weight excluding hydrogens is 302 g/mol. The van der Waals surface area contributed by atoms with Crippen LogP contribution in [0.5, 0.6) is 0 Å². The molecule has 6 heteroatoms. The van der Waals surface area contributed by atoms with Crippen molar-refractivity contribution < 1.29 is 4.74 Å². The molecule has 2 heterocycles. The lowest BCUT2D eigenvalue weighted by Gasteiger charge is -2.26. The van der Waals surface area contributed by atoms with Gasteiger partial charge < -0.3 is 9.64 Å². The molecule has 4 nitrogen and oxygen atoms in total. The minimum Gasteiger partial charge on any atom is -0.380 e. The van der Waals surface area contributed by atoms with E-state index in [4.69, 9.17) is 4.74 Å². The summed E-state index contributed by atoms with van der Waals surface area (Å²) in [7, 11) is 1.82. The Labute approximate surface area is 133 Å². The molecule has 0 aliphatic heterocycles. The zero-order chi connectivity index (χ0) is 14.7. The molecular formula is C15H21N3OS2. The highest BCUT2D eigenvalue weighted by Crippen LogP contribution is 2.35. The molecule has 0 saturated heterocycles. The smallest absolute Gasteiger partial charge is 0.185 e. The summed E-state index contributed by atoms with van der Waals surface area (Å²) in [6.45, 7) is 3.84. The molecule has 0 bridgehead atoms. The standard InChI is InChI=1S/C15H21N3OS2/c1-11-14(21-10-17-11)9-18(15-16-5-6-20-15)8-13(19-2)7-12-3-4-12/h5-6,10,12-13H,3-4,7-9H2,1-2H3. The van der Waals surface area contributed by atoms with Crippen molar-refractivity contribution in [1.29, 1.82) is 0 Å². The van der Waals surface area contributed by atoms with E-state index in [9.17, 15) is 0 Å². The first-order valence-electron chi connectivity index (χ1n) is 7.32. The van der Waals surface area contributed by atoms with Gasteiger partial charge in [-0.2, -0.15) is 0 Å². The molecule has 1 unspecified atom stereocenters. The molecule has 2 aromatic heterocycles. The van der Waals surface area contributed by atoms with Crippen LogP contribution >= 0.6 is 22.7 Å². The number of ether oxygens (including phenoxy) is 1. The lowest BCUT2D eigenvalue weighted by atomic mass is 10.1. The van der Waals surface area contributed by atoms with E-state index in [-0.39, 0.29) is 6.10 Å². The molecule has 21 heavy (non-hydrogen) atoms. The van der Waals surface area contributed by atoms with Crippen molar-refractivity contribution in [2.45, 2.75) is 38.8 Å². The Morgan fingerprint density at radius 3 is 2.81 bits per heavy atom. The van der Waals surface area contributed by atoms with Gasteiger partial charge in [-0.1, -0.05) is 12.8 Å². The summed E-state index contributed by atoms with van der Waals surface area (Å²) in [6, 6.07) is 0. The molecule has 3 rings (SSSR count). The fourth-order valence-electron chi connectivity index (χ4n) is 2.45.